The molecule has 0 aromatic heterocycles. The van der Waals surface area contributed by atoms with Gasteiger partial charge in [0.15, 0.2) is 0 Å². The number of nitriles is 2. The first-order chi connectivity index (χ1) is 13.5. The number of ether oxygens (including phenoxy) is 1. The van der Waals surface area contributed by atoms with E-state index in [0.717, 1.165) is 18.4 Å². The third-order valence-corrected chi connectivity index (χ3v) is 7.25. The second-order valence-electron chi connectivity index (χ2n) is 8.77. The lowest BCUT2D eigenvalue weighted by molar-refractivity contribution is -0.134. The van der Waals surface area contributed by atoms with Crippen LogP contribution >= 0.6 is 0 Å². The van der Waals surface area contributed by atoms with E-state index in [1.54, 1.807) is 13.0 Å². The van der Waals surface area contributed by atoms with E-state index in [2.05, 4.69) is 19.1 Å². The molecule has 0 atom stereocenters. The Morgan fingerprint density at radius 1 is 0.964 bits per heavy atom. The first-order valence-corrected chi connectivity index (χ1v) is 10.7. The van der Waals surface area contributed by atoms with Gasteiger partial charge >= 0.3 is 5.97 Å². The van der Waals surface area contributed by atoms with E-state index < -0.39 is 5.97 Å². The molecule has 0 amide bonds. The van der Waals surface area contributed by atoms with Crippen molar-refractivity contribution in [3.63, 3.8) is 0 Å². The van der Waals surface area contributed by atoms with Crippen molar-refractivity contribution in [3.8, 4) is 17.9 Å². The summed E-state index contributed by atoms with van der Waals surface area (Å²) < 4.78 is 5.25. The smallest absolute Gasteiger partial charge is 0.310 e. The van der Waals surface area contributed by atoms with Crippen LogP contribution in [0.3, 0.4) is 0 Å². The molecule has 0 N–H and O–H groups in total. The van der Waals surface area contributed by atoms with Crippen LogP contribution in [0.2, 0.25) is 0 Å². The fraction of sp³-hybridized carbons (Fsp3) is 0.625. The average molecular weight is 379 g/mol. The number of fused-ring (bicyclic) bond motifs is 3. The van der Waals surface area contributed by atoms with Gasteiger partial charge in [0, 0.05) is 6.42 Å². The molecule has 0 spiro atoms. The second kappa shape index (κ2) is 8.36. The van der Waals surface area contributed by atoms with Gasteiger partial charge in [0.1, 0.15) is 23.5 Å². The number of nitrogens with zero attached hydrogens (tertiary/aromatic N) is 2. The van der Waals surface area contributed by atoms with Gasteiger partial charge in [0.2, 0.25) is 0 Å². The van der Waals surface area contributed by atoms with E-state index in [9.17, 15) is 15.3 Å². The van der Waals surface area contributed by atoms with E-state index in [0.29, 0.717) is 16.4 Å². The van der Waals surface area contributed by atoms with Crippen LogP contribution in [0.5, 0.6) is 5.75 Å². The lowest BCUT2D eigenvalue weighted by Crippen LogP contribution is -2.41. The van der Waals surface area contributed by atoms with Crippen molar-refractivity contribution in [1.29, 1.82) is 10.5 Å². The van der Waals surface area contributed by atoms with Gasteiger partial charge in [0.05, 0.1) is 5.56 Å². The maximum absolute atomic E-state index is 11.6. The van der Waals surface area contributed by atoms with Crippen LogP contribution in [-0.4, -0.2) is 5.97 Å². The Balaban J connectivity index is 1.74. The maximum Gasteiger partial charge on any atom is 0.310 e. The van der Waals surface area contributed by atoms with Gasteiger partial charge in [-0.15, -0.1) is 0 Å². The molecule has 1 aromatic carbocycles. The Labute approximate surface area is 168 Å². The predicted octanol–water partition coefficient (Wildman–Crippen LogP) is 5.82. The number of carbonyl (C=O) groups excluding carboxylic acids is 1. The standard InChI is InChI=1S/C24H30N2O2/c1-3-8-23-10-13-24(14-11-23,15-12-23)9-7-18-5-6-21(28-22(27)4-2)20(17-26)19(18)16-25/h5-6H,3-4,7-15H2,1-2H3. The Bertz CT molecular complexity index is 804. The number of hydrogen-bond donors (Lipinski definition) is 0. The normalized spacial score (nSPS) is 25.7. The Hall–Kier alpha value is -2.33. The van der Waals surface area contributed by atoms with Crippen molar-refractivity contribution >= 4 is 5.97 Å². The molecule has 3 aliphatic rings. The fourth-order valence-electron chi connectivity index (χ4n) is 5.37. The molecule has 4 heteroatoms. The molecule has 4 nitrogen and oxygen atoms in total. The topological polar surface area (TPSA) is 73.9 Å². The second-order valence-corrected chi connectivity index (χ2v) is 8.77. The minimum atomic E-state index is -0.396. The first-order valence-electron chi connectivity index (χ1n) is 10.7. The van der Waals surface area contributed by atoms with Gasteiger partial charge in [-0.05, 0) is 80.2 Å². The number of hydrogen-bond acceptors (Lipinski definition) is 4. The lowest BCUT2D eigenvalue weighted by atomic mass is 9.51. The summed E-state index contributed by atoms with van der Waals surface area (Å²) in [4.78, 5) is 11.6. The van der Waals surface area contributed by atoms with Gasteiger partial charge in [-0.1, -0.05) is 26.3 Å². The molecule has 148 valence electrons. The minimum absolute atomic E-state index is 0.188. The molecule has 3 saturated carbocycles. The third kappa shape index (κ3) is 3.93. The molecule has 2 bridgehead atoms. The first kappa shape index (κ1) is 20.4. The Morgan fingerprint density at radius 3 is 2.04 bits per heavy atom. The SMILES string of the molecule is CCCC12CCC(CCc3ccc(OC(=O)CC)c(C#N)c3C#N)(CC1)CC2. The zero-order chi connectivity index (χ0) is 20.2. The van der Waals surface area contributed by atoms with Gasteiger partial charge in [-0.3, -0.25) is 4.79 Å². The van der Waals surface area contributed by atoms with Crippen LogP contribution in [0.25, 0.3) is 0 Å². The molecule has 1 aromatic rings. The molecule has 0 unspecified atom stereocenters. The van der Waals surface area contributed by atoms with Crippen molar-refractivity contribution in [2.45, 2.75) is 84.5 Å². The maximum atomic E-state index is 11.6. The quantitative estimate of drug-likeness (QED) is 0.443. The largest absolute Gasteiger partial charge is 0.425 e. The highest BCUT2D eigenvalue weighted by Crippen LogP contribution is 2.60. The minimum Gasteiger partial charge on any atom is -0.425 e. The number of aryl methyl sites for hydroxylation is 1. The third-order valence-electron chi connectivity index (χ3n) is 7.25. The molecule has 3 fully saturated rings. The summed E-state index contributed by atoms with van der Waals surface area (Å²) in [5.74, 6) is -0.195. The Kier molecular flexibility index (Phi) is 6.09. The molecular weight excluding hydrogens is 348 g/mol. The van der Waals surface area contributed by atoms with Crippen molar-refractivity contribution in [3.05, 3.63) is 28.8 Å². The monoisotopic (exact) mass is 378 g/mol. The summed E-state index contributed by atoms with van der Waals surface area (Å²) in [5.41, 5.74) is 2.47. The highest BCUT2D eigenvalue weighted by Gasteiger charge is 2.47. The van der Waals surface area contributed by atoms with E-state index in [4.69, 9.17) is 4.74 Å². The van der Waals surface area contributed by atoms with Gasteiger partial charge in [-0.2, -0.15) is 10.5 Å². The van der Waals surface area contributed by atoms with Crippen molar-refractivity contribution in [1.82, 2.24) is 0 Å². The average Bonchev–Trinajstić information content (AvgIpc) is 2.73. The van der Waals surface area contributed by atoms with Gasteiger partial charge in [-0.25, -0.2) is 0 Å². The Morgan fingerprint density at radius 2 is 1.54 bits per heavy atom. The number of benzene rings is 1. The predicted molar refractivity (Wildman–Crippen MR) is 108 cm³/mol. The van der Waals surface area contributed by atoms with E-state index in [1.807, 2.05) is 6.07 Å². The van der Waals surface area contributed by atoms with Crippen LogP contribution in [-0.2, 0) is 11.2 Å². The van der Waals surface area contributed by atoms with Crippen LogP contribution in [0.1, 0.15) is 94.7 Å². The van der Waals surface area contributed by atoms with E-state index in [1.165, 1.54) is 51.4 Å². The van der Waals surface area contributed by atoms with Crippen LogP contribution in [0.15, 0.2) is 12.1 Å². The molecule has 3 aliphatic carbocycles. The van der Waals surface area contributed by atoms with Crippen molar-refractivity contribution in [2.24, 2.45) is 10.8 Å². The van der Waals surface area contributed by atoms with E-state index >= 15 is 0 Å². The summed E-state index contributed by atoms with van der Waals surface area (Å²) >= 11 is 0. The van der Waals surface area contributed by atoms with Crippen molar-refractivity contribution in [2.75, 3.05) is 0 Å². The molecular formula is C24H30N2O2. The summed E-state index contributed by atoms with van der Waals surface area (Å²) in [6.45, 7) is 4.00. The van der Waals surface area contributed by atoms with Gasteiger partial charge in [0.25, 0.3) is 0 Å². The van der Waals surface area contributed by atoms with Gasteiger partial charge < -0.3 is 4.74 Å². The summed E-state index contributed by atoms with van der Waals surface area (Å²) in [5, 5.41) is 19.2. The fourth-order valence-corrected chi connectivity index (χ4v) is 5.37. The molecule has 28 heavy (non-hydrogen) atoms. The zero-order valence-corrected chi connectivity index (χ0v) is 17.1. The number of carbonyl (C=O) groups is 1. The van der Waals surface area contributed by atoms with Crippen LogP contribution < -0.4 is 4.74 Å². The highest BCUT2D eigenvalue weighted by molar-refractivity contribution is 5.73. The summed E-state index contributed by atoms with van der Waals surface area (Å²) in [6.07, 6.45) is 12.7. The van der Waals surface area contributed by atoms with E-state index in [-0.39, 0.29) is 17.7 Å². The number of rotatable bonds is 7. The summed E-state index contributed by atoms with van der Waals surface area (Å²) in [7, 11) is 0. The molecule has 4 rings (SSSR count). The molecule has 0 radical (unpaired) electrons. The lowest BCUT2D eigenvalue weighted by Gasteiger charge is -2.54. The van der Waals surface area contributed by atoms with Crippen LogP contribution in [0, 0.1) is 33.5 Å². The summed E-state index contributed by atoms with van der Waals surface area (Å²) in [6, 6.07) is 7.79. The zero-order valence-electron chi connectivity index (χ0n) is 17.1. The number of esters is 1. The molecule has 0 aliphatic heterocycles. The molecule has 0 heterocycles. The van der Waals surface area contributed by atoms with Crippen LogP contribution in [0.4, 0.5) is 0 Å². The molecule has 0 saturated heterocycles. The highest BCUT2D eigenvalue weighted by atomic mass is 16.5. The van der Waals surface area contributed by atoms with Crippen molar-refractivity contribution < 1.29 is 9.53 Å².